The first kappa shape index (κ1) is 33.2. The third kappa shape index (κ3) is 5.16. The van der Waals surface area contributed by atoms with Crippen LogP contribution in [0.2, 0.25) is 0 Å². The second-order valence-corrected chi connectivity index (χ2v) is 17.0. The Morgan fingerprint density at radius 1 is 0.362 bits per heavy atom. The first-order chi connectivity index (χ1) is 28.8. The second kappa shape index (κ2) is 13.3. The zero-order valence-electron chi connectivity index (χ0n) is 31.3. The highest BCUT2D eigenvalue weighted by Gasteiger charge is 2.26. The van der Waals surface area contributed by atoms with Gasteiger partial charge in [-0.15, -0.1) is 22.7 Å². The monoisotopic (exact) mass is 774 g/mol. The van der Waals surface area contributed by atoms with Crippen molar-refractivity contribution < 1.29 is 0 Å². The lowest BCUT2D eigenvalue weighted by Crippen LogP contribution is -2.10. The largest absolute Gasteiger partial charge is 0.309 e. The summed E-state index contributed by atoms with van der Waals surface area (Å²) in [6.45, 7) is 0. The molecule has 12 aromatic rings. The van der Waals surface area contributed by atoms with Crippen molar-refractivity contribution in [3.63, 3.8) is 0 Å². The summed E-state index contributed by atoms with van der Waals surface area (Å²) in [5.41, 5.74) is 11.7. The molecule has 0 N–H and O–H groups in total. The van der Waals surface area contributed by atoms with Crippen LogP contribution in [0, 0.1) is 0 Å². The molecule has 0 amide bonds. The Morgan fingerprint density at radius 2 is 0.948 bits per heavy atom. The number of rotatable bonds is 6. The molecule has 0 fully saturated rings. The van der Waals surface area contributed by atoms with Gasteiger partial charge in [0, 0.05) is 68.1 Å². The van der Waals surface area contributed by atoms with Crippen LogP contribution < -0.4 is 4.90 Å². The molecular weight excluding hydrogens is 741 g/mol. The van der Waals surface area contributed by atoms with E-state index in [1.807, 2.05) is 22.7 Å². The summed E-state index contributed by atoms with van der Waals surface area (Å²) < 4.78 is 7.65. The van der Waals surface area contributed by atoms with Crippen molar-refractivity contribution in [3.8, 4) is 27.9 Å². The first-order valence-electron chi connectivity index (χ1n) is 19.7. The fourth-order valence-electron chi connectivity index (χ4n) is 9.05. The lowest BCUT2D eigenvalue weighted by Gasteiger charge is -2.27. The highest BCUT2D eigenvalue weighted by molar-refractivity contribution is 7.26. The van der Waals surface area contributed by atoms with Crippen LogP contribution in [0.25, 0.3) is 90.1 Å². The molecule has 0 aliphatic rings. The van der Waals surface area contributed by atoms with Gasteiger partial charge in [-0.3, -0.25) is 0 Å². The van der Waals surface area contributed by atoms with Crippen molar-refractivity contribution in [1.82, 2.24) is 4.57 Å². The van der Waals surface area contributed by atoms with Gasteiger partial charge in [0.1, 0.15) is 0 Å². The van der Waals surface area contributed by atoms with E-state index in [0.717, 1.165) is 22.6 Å². The number of anilines is 3. The maximum atomic E-state index is 2.54. The minimum atomic E-state index is 1.13. The van der Waals surface area contributed by atoms with E-state index < -0.39 is 0 Å². The van der Waals surface area contributed by atoms with E-state index in [1.54, 1.807) is 0 Å². The van der Waals surface area contributed by atoms with Crippen LogP contribution in [0.3, 0.4) is 0 Å². The molecule has 0 bridgehead atoms. The minimum Gasteiger partial charge on any atom is -0.309 e. The van der Waals surface area contributed by atoms with Crippen LogP contribution in [0.15, 0.2) is 206 Å². The summed E-state index contributed by atoms with van der Waals surface area (Å²) in [7, 11) is 0. The van der Waals surface area contributed by atoms with E-state index in [9.17, 15) is 0 Å². The van der Waals surface area contributed by atoms with Crippen molar-refractivity contribution in [2.24, 2.45) is 0 Å². The number of aromatic nitrogens is 1. The van der Waals surface area contributed by atoms with Gasteiger partial charge in [-0.05, 0) is 89.5 Å². The number of hydrogen-bond donors (Lipinski definition) is 0. The van der Waals surface area contributed by atoms with Crippen molar-refractivity contribution in [3.05, 3.63) is 206 Å². The maximum Gasteiger partial charge on any atom is 0.0620 e. The van der Waals surface area contributed by atoms with Crippen LogP contribution in [0.1, 0.15) is 0 Å². The van der Waals surface area contributed by atoms with Gasteiger partial charge in [-0.1, -0.05) is 133 Å². The van der Waals surface area contributed by atoms with Gasteiger partial charge >= 0.3 is 0 Å². The summed E-state index contributed by atoms with van der Waals surface area (Å²) in [5, 5.41) is 7.58. The number of benzene rings is 9. The first-order valence-corrected chi connectivity index (χ1v) is 21.3. The molecule has 2 nitrogen and oxygen atoms in total. The molecule has 0 radical (unpaired) electrons. The van der Waals surface area contributed by atoms with Gasteiger partial charge in [-0.25, -0.2) is 0 Å². The fourth-order valence-corrected chi connectivity index (χ4v) is 11.3. The normalized spacial score (nSPS) is 11.8. The minimum absolute atomic E-state index is 1.13. The van der Waals surface area contributed by atoms with Crippen LogP contribution in [-0.2, 0) is 0 Å². The maximum absolute atomic E-state index is 2.54. The Kier molecular flexibility index (Phi) is 7.62. The Hall–Kier alpha value is -6.98. The number of hydrogen-bond acceptors (Lipinski definition) is 3. The zero-order chi connectivity index (χ0) is 38.2. The van der Waals surface area contributed by atoms with Crippen LogP contribution in [0.4, 0.5) is 17.1 Å². The van der Waals surface area contributed by atoms with E-state index >= 15 is 0 Å². The van der Waals surface area contributed by atoms with Gasteiger partial charge in [0.15, 0.2) is 0 Å². The van der Waals surface area contributed by atoms with E-state index in [4.69, 9.17) is 0 Å². The van der Waals surface area contributed by atoms with E-state index in [0.29, 0.717) is 0 Å². The fraction of sp³-hybridized carbons (Fsp3) is 0. The molecule has 3 heterocycles. The molecule has 0 unspecified atom stereocenters. The molecule has 0 aliphatic heterocycles. The van der Waals surface area contributed by atoms with Crippen LogP contribution >= 0.6 is 22.7 Å². The molecule has 0 atom stereocenters. The third-order valence-corrected chi connectivity index (χ3v) is 13.8. The molecule has 0 saturated heterocycles. The third-order valence-electron chi connectivity index (χ3n) is 11.6. The molecule has 12 rings (SSSR count). The highest BCUT2D eigenvalue weighted by atomic mass is 32.1. The van der Waals surface area contributed by atoms with Gasteiger partial charge in [0.25, 0.3) is 0 Å². The van der Waals surface area contributed by atoms with Crippen molar-refractivity contribution >= 4 is 102 Å². The van der Waals surface area contributed by atoms with E-state index in [-0.39, 0.29) is 0 Å². The SMILES string of the molecule is c1ccc(-c2cc(-c3ccccc3)c3c(c2)c2c(N(c4ccc5c(c4)sc4ccccc45)c4cccc5sc6ccccc6c45)cccc2n3-c2ccccc2)cc1. The standard InChI is InChI=1S/C54H34N2S2/c1-4-16-35(17-5-1)37-32-43(36-18-6-2-7-19-36)54-44(33-37)52-45(24-14-25-46(52)56(54)38-20-8-3-9-21-38)55(39-30-31-41-40-22-10-12-27-48(40)58-51(41)34-39)47-26-15-29-50-53(47)42-23-11-13-28-49(42)57-50/h1-34H. The summed E-state index contributed by atoms with van der Waals surface area (Å²) in [5.74, 6) is 0. The molecule has 0 spiro atoms. The summed E-state index contributed by atoms with van der Waals surface area (Å²) in [6, 6.07) is 75.8. The molecule has 0 saturated carbocycles. The summed E-state index contributed by atoms with van der Waals surface area (Å²) in [6.07, 6.45) is 0. The highest BCUT2D eigenvalue weighted by Crippen LogP contribution is 2.51. The summed E-state index contributed by atoms with van der Waals surface area (Å²) >= 11 is 3.74. The van der Waals surface area contributed by atoms with Crippen molar-refractivity contribution in [2.75, 3.05) is 4.90 Å². The zero-order valence-corrected chi connectivity index (χ0v) is 33.0. The number of thiophene rings is 2. The van der Waals surface area contributed by atoms with Gasteiger partial charge in [0.2, 0.25) is 0 Å². The lowest BCUT2D eigenvalue weighted by molar-refractivity contribution is 1.18. The second-order valence-electron chi connectivity index (χ2n) is 14.9. The average Bonchev–Trinajstić information content (AvgIpc) is 3.97. The van der Waals surface area contributed by atoms with Gasteiger partial charge < -0.3 is 9.47 Å². The lowest BCUT2D eigenvalue weighted by atomic mass is 9.95. The Labute approximate surface area is 343 Å². The molecule has 58 heavy (non-hydrogen) atoms. The average molecular weight is 775 g/mol. The summed E-state index contributed by atoms with van der Waals surface area (Å²) in [4.78, 5) is 2.54. The number of nitrogens with zero attached hydrogens (tertiary/aromatic N) is 2. The molecule has 9 aromatic carbocycles. The Bertz CT molecular complexity index is 3500. The molecule has 272 valence electrons. The van der Waals surface area contributed by atoms with Crippen molar-refractivity contribution in [2.45, 2.75) is 0 Å². The molecular formula is C54H34N2S2. The van der Waals surface area contributed by atoms with E-state index in [1.165, 1.54) is 84.6 Å². The Morgan fingerprint density at radius 3 is 1.72 bits per heavy atom. The van der Waals surface area contributed by atoms with Crippen LogP contribution in [-0.4, -0.2) is 4.57 Å². The van der Waals surface area contributed by atoms with Gasteiger partial charge in [-0.2, -0.15) is 0 Å². The predicted molar refractivity (Wildman–Crippen MR) is 252 cm³/mol. The number of para-hydroxylation sites is 1. The van der Waals surface area contributed by atoms with E-state index in [2.05, 4.69) is 216 Å². The molecule has 0 aliphatic carbocycles. The smallest absolute Gasteiger partial charge is 0.0620 e. The predicted octanol–water partition coefficient (Wildman–Crippen LogP) is 16.3. The molecule has 4 heteroatoms. The molecule has 3 aromatic heterocycles. The number of fused-ring (bicyclic) bond motifs is 9. The van der Waals surface area contributed by atoms with Crippen LogP contribution in [0.5, 0.6) is 0 Å². The van der Waals surface area contributed by atoms with Gasteiger partial charge in [0.05, 0.1) is 22.4 Å². The van der Waals surface area contributed by atoms with Crippen molar-refractivity contribution in [1.29, 1.82) is 0 Å². The Balaban J connectivity index is 1.25. The topological polar surface area (TPSA) is 8.17 Å². The quantitative estimate of drug-likeness (QED) is 0.163.